The summed E-state index contributed by atoms with van der Waals surface area (Å²) in [5.41, 5.74) is -0.808. The number of carbonyl (C=O) groups is 1. The monoisotopic (exact) mass is 226 g/mol. The number of carboxylic acids is 1. The second-order valence-corrected chi connectivity index (χ2v) is 5.49. The lowest BCUT2D eigenvalue weighted by Crippen LogP contribution is -2.56. The van der Waals surface area contributed by atoms with E-state index >= 15 is 0 Å². The molecule has 0 bridgehead atoms. The molecule has 2 aliphatic rings. The van der Waals surface area contributed by atoms with Crippen LogP contribution < -0.4 is 5.32 Å². The van der Waals surface area contributed by atoms with Crippen LogP contribution in [0.15, 0.2) is 0 Å². The summed E-state index contributed by atoms with van der Waals surface area (Å²) in [7, 11) is 1.73. The van der Waals surface area contributed by atoms with E-state index in [0.717, 1.165) is 12.5 Å². The van der Waals surface area contributed by atoms with Crippen molar-refractivity contribution in [3.63, 3.8) is 0 Å². The van der Waals surface area contributed by atoms with Crippen LogP contribution >= 0.6 is 0 Å². The van der Waals surface area contributed by atoms with E-state index in [-0.39, 0.29) is 0 Å². The van der Waals surface area contributed by atoms with E-state index in [4.69, 9.17) is 0 Å². The summed E-state index contributed by atoms with van der Waals surface area (Å²) < 4.78 is 0. The van der Waals surface area contributed by atoms with Gasteiger partial charge in [0.15, 0.2) is 0 Å². The number of aliphatic carboxylic acids is 1. The van der Waals surface area contributed by atoms with Crippen LogP contribution in [-0.4, -0.2) is 47.7 Å². The molecule has 16 heavy (non-hydrogen) atoms. The summed E-state index contributed by atoms with van der Waals surface area (Å²) in [5, 5.41) is 12.2. The van der Waals surface area contributed by atoms with Crippen LogP contribution in [0.5, 0.6) is 0 Å². The van der Waals surface area contributed by atoms with E-state index < -0.39 is 11.5 Å². The predicted molar refractivity (Wildman–Crippen MR) is 62.4 cm³/mol. The number of nitrogens with one attached hydrogen (secondary N) is 1. The Morgan fingerprint density at radius 1 is 1.44 bits per heavy atom. The van der Waals surface area contributed by atoms with Crippen LogP contribution in [0.4, 0.5) is 0 Å². The summed E-state index contributed by atoms with van der Waals surface area (Å²) in [4.78, 5) is 13.6. The highest BCUT2D eigenvalue weighted by Gasteiger charge is 2.40. The van der Waals surface area contributed by atoms with E-state index in [1.807, 2.05) is 0 Å². The maximum absolute atomic E-state index is 11.2. The largest absolute Gasteiger partial charge is 0.480 e. The van der Waals surface area contributed by atoms with Crippen molar-refractivity contribution < 1.29 is 9.90 Å². The molecule has 2 aliphatic carbocycles. The maximum atomic E-state index is 11.2. The first-order valence-electron chi connectivity index (χ1n) is 6.21. The minimum atomic E-state index is -0.808. The van der Waals surface area contributed by atoms with Gasteiger partial charge in [-0.15, -0.1) is 0 Å². The van der Waals surface area contributed by atoms with E-state index in [0.29, 0.717) is 12.6 Å². The quantitative estimate of drug-likeness (QED) is 0.678. The third-order valence-electron chi connectivity index (χ3n) is 3.80. The highest BCUT2D eigenvalue weighted by molar-refractivity contribution is 5.78. The minimum Gasteiger partial charge on any atom is -0.480 e. The molecule has 1 unspecified atom stereocenters. The normalized spacial score (nSPS) is 24.4. The minimum absolute atomic E-state index is 0.625. The van der Waals surface area contributed by atoms with Crippen LogP contribution in [0.3, 0.4) is 0 Å². The van der Waals surface area contributed by atoms with E-state index in [1.165, 1.54) is 25.7 Å². The Balaban J connectivity index is 1.94. The molecule has 2 N–H and O–H groups in total. The average molecular weight is 226 g/mol. The summed E-state index contributed by atoms with van der Waals surface area (Å²) in [6.45, 7) is 3.49. The number of hydrogen-bond donors (Lipinski definition) is 2. The van der Waals surface area contributed by atoms with Gasteiger partial charge in [0, 0.05) is 19.1 Å². The predicted octanol–water partition coefficient (Wildman–Crippen LogP) is 0.923. The van der Waals surface area contributed by atoms with Gasteiger partial charge in [-0.25, -0.2) is 0 Å². The Hall–Kier alpha value is -0.610. The first-order chi connectivity index (χ1) is 7.55. The smallest absolute Gasteiger partial charge is 0.324 e. The zero-order valence-corrected chi connectivity index (χ0v) is 10.2. The lowest BCUT2D eigenvalue weighted by Gasteiger charge is -2.32. The molecule has 92 valence electrons. The lowest BCUT2D eigenvalue weighted by atomic mass is 10.0. The van der Waals surface area contributed by atoms with Gasteiger partial charge in [-0.05, 0) is 45.6 Å². The Morgan fingerprint density at radius 3 is 2.44 bits per heavy atom. The van der Waals surface area contributed by atoms with Gasteiger partial charge < -0.3 is 10.4 Å². The second kappa shape index (κ2) is 4.34. The van der Waals surface area contributed by atoms with E-state index in [9.17, 15) is 9.90 Å². The van der Waals surface area contributed by atoms with Gasteiger partial charge >= 0.3 is 5.97 Å². The molecule has 2 saturated carbocycles. The standard InChI is InChI=1S/C12H22N2O2/c1-12(13-2,11(15)16)8-14(10-5-6-10)7-9-3-4-9/h9-10,13H,3-8H2,1-2H3,(H,15,16). The number of hydrogen-bond acceptors (Lipinski definition) is 3. The van der Waals surface area contributed by atoms with E-state index in [2.05, 4.69) is 10.2 Å². The van der Waals surface area contributed by atoms with Gasteiger partial charge in [-0.3, -0.25) is 9.69 Å². The van der Waals surface area contributed by atoms with E-state index in [1.54, 1.807) is 14.0 Å². The highest BCUT2D eigenvalue weighted by atomic mass is 16.4. The van der Waals surface area contributed by atoms with Gasteiger partial charge in [0.25, 0.3) is 0 Å². The fourth-order valence-electron chi connectivity index (χ4n) is 2.07. The Morgan fingerprint density at radius 2 is 2.06 bits per heavy atom. The van der Waals surface area contributed by atoms with Crippen molar-refractivity contribution in [1.82, 2.24) is 10.2 Å². The van der Waals surface area contributed by atoms with Crippen molar-refractivity contribution in [3.8, 4) is 0 Å². The van der Waals surface area contributed by atoms with Crippen molar-refractivity contribution in [2.75, 3.05) is 20.1 Å². The molecule has 0 amide bonds. The molecular weight excluding hydrogens is 204 g/mol. The number of likely N-dealkylation sites (N-methyl/N-ethyl adjacent to an activating group) is 1. The summed E-state index contributed by atoms with van der Waals surface area (Å²) in [6.07, 6.45) is 5.14. The van der Waals surface area contributed by atoms with Crippen LogP contribution in [0.25, 0.3) is 0 Å². The Kier molecular flexibility index (Phi) is 3.22. The van der Waals surface area contributed by atoms with Gasteiger partial charge in [-0.2, -0.15) is 0 Å². The van der Waals surface area contributed by atoms with Crippen molar-refractivity contribution in [2.45, 2.75) is 44.2 Å². The number of carboxylic acid groups (broad SMARTS) is 1. The molecule has 2 rings (SSSR count). The summed E-state index contributed by atoms with van der Waals surface area (Å²) in [6, 6.07) is 0.646. The third kappa shape index (κ3) is 2.74. The Labute approximate surface area is 97.0 Å². The molecule has 0 saturated heterocycles. The van der Waals surface area contributed by atoms with Crippen LogP contribution in [0.2, 0.25) is 0 Å². The molecule has 0 aliphatic heterocycles. The van der Waals surface area contributed by atoms with Gasteiger partial charge in [-0.1, -0.05) is 0 Å². The third-order valence-corrected chi connectivity index (χ3v) is 3.80. The van der Waals surface area contributed by atoms with Crippen molar-refractivity contribution >= 4 is 5.97 Å². The van der Waals surface area contributed by atoms with Crippen LogP contribution in [-0.2, 0) is 4.79 Å². The van der Waals surface area contributed by atoms with Gasteiger partial charge in [0.1, 0.15) is 5.54 Å². The zero-order valence-electron chi connectivity index (χ0n) is 10.2. The summed E-state index contributed by atoms with van der Waals surface area (Å²) >= 11 is 0. The molecule has 0 aromatic heterocycles. The second-order valence-electron chi connectivity index (χ2n) is 5.49. The molecule has 2 fully saturated rings. The van der Waals surface area contributed by atoms with Crippen molar-refractivity contribution in [1.29, 1.82) is 0 Å². The van der Waals surface area contributed by atoms with Crippen molar-refractivity contribution in [2.24, 2.45) is 5.92 Å². The van der Waals surface area contributed by atoms with Crippen LogP contribution in [0.1, 0.15) is 32.6 Å². The molecule has 0 radical (unpaired) electrons. The van der Waals surface area contributed by atoms with Gasteiger partial charge in [0.2, 0.25) is 0 Å². The van der Waals surface area contributed by atoms with Crippen molar-refractivity contribution in [3.05, 3.63) is 0 Å². The van der Waals surface area contributed by atoms with Crippen LogP contribution in [0, 0.1) is 5.92 Å². The molecule has 4 heteroatoms. The number of rotatable bonds is 7. The highest BCUT2D eigenvalue weighted by Crippen LogP contribution is 2.35. The molecule has 0 heterocycles. The summed E-state index contributed by atoms with van der Waals surface area (Å²) in [5.74, 6) is 0.0759. The lowest BCUT2D eigenvalue weighted by molar-refractivity contribution is -0.144. The molecular formula is C12H22N2O2. The average Bonchev–Trinajstić information content (AvgIpc) is 3.08. The number of nitrogens with zero attached hydrogens (tertiary/aromatic N) is 1. The zero-order chi connectivity index (χ0) is 11.8. The molecule has 4 nitrogen and oxygen atoms in total. The fraction of sp³-hybridized carbons (Fsp3) is 0.917. The molecule has 0 spiro atoms. The Bertz CT molecular complexity index is 274. The first-order valence-corrected chi connectivity index (χ1v) is 6.21. The SMILES string of the molecule is CNC(C)(CN(CC1CC1)C1CC1)C(=O)O. The molecule has 0 aromatic rings. The first kappa shape index (κ1) is 11.9. The fourth-order valence-corrected chi connectivity index (χ4v) is 2.07. The van der Waals surface area contributed by atoms with Gasteiger partial charge in [0.05, 0.1) is 0 Å². The maximum Gasteiger partial charge on any atom is 0.324 e. The molecule has 0 aromatic carbocycles. The molecule has 1 atom stereocenters. The topological polar surface area (TPSA) is 52.6 Å².